The average molecular weight is 452 g/mol. The monoisotopic (exact) mass is 451 g/mol. The van der Waals surface area contributed by atoms with Crippen LogP contribution in [0, 0.1) is 19.7 Å². The standard InChI is InChI=1S/C24H26FN5OS/c1-17-4-3-5-18(2)22(17)28-21(31)16-32-24-23(26-10-11-27-24)30-14-12-29(13-15-30)20-8-6-19(25)7-9-20/h3-11H,12-16H2,1-2H3,(H,28,31). The lowest BCUT2D eigenvalue weighted by molar-refractivity contribution is -0.113. The molecule has 0 saturated carbocycles. The highest BCUT2D eigenvalue weighted by Gasteiger charge is 2.22. The van der Waals surface area contributed by atoms with E-state index in [4.69, 9.17) is 0 Å². The Morgan fingerprint density at radius 2 is 1.59 bits per heavy atom. The van der Waals surface area contributed by atoms with Crippen molar-refractivity contribution in [1.29, 1.82) is 0 Å². The van der Waals surface area contributed by atoms with E-state index in [1.165, 1.54) is 23.9 Å². The average Bonchev–Trinajstić information content (AvgIpc) is 2.81. The van der Waals surface area contributed by atoms with Gasteiger partial charge in [-0.3, -0.25) is 4.79 Å². The predicted molar refractivity (Wildman–Crippen MR) is 128 cm³/mol. The van der Waals surface area contributed by atoms with Crippen LogP contribution in [-0.2, 0) is 4.79 Å². The van der Waals surface area contributed by atoms with E-state index < -0.39 is 0 Å². The Labute approximate surface area is 191 Å². The first-order valence-corrected chi connectivity index (χ1v) is 11.5. The SMILES string of the molecule is Cc1cccc(C)c1NC(=O)CSc1nccnc1N1CCN(c2ccc(F)cc2)CC1. The van der Waals surface area contributed by atoms with E-state index >= 15 is 0 Å². The third kappa shape index (κ3) is 5.19. The molecule has 1 aliphatic heterocycles. The lowest BCUT2D eigenvalue weighted by atomic mass is 10.1. The quantitative estimate of drug-likeness (QED) is 0.564. The molecule has 0 unspecified atom stereocenters. The highest BCUT2D eigenvalue weighted by Crippen LogP contribution is 2.28. The van der Waals surface area contributed by atoms with Crippen molar-refractivity contribution in [2.24, 2.45) is 0 Å². The van der Waals surface area contributed by atoms with Crippen molar-refractivity contribution >= 4 is 34.9 Å². The number of rotatable bonds is 6. The van der Waals surface area contributed by atoms with Crippen molar-refractivity contribution in [1.82, 2.24) is 9.97 Å². The number of carbonyl (C=O) groups is 1. The normalized spacial score (nSPS) is 13.8. The molecule has 166 valence electrons. The van der Waals surface area contributed by atoms with Gasteiger partial charge in [0.1, 0.15) is 10.8 Å². The summed E-state index contributed by atoms with van der Waals surface area (Å²) in [5, 5.41) is 3.77. The molecule has 1 aliphatic rings. The Bertz CT molecular complexity index is 1060. The maximum atomic E-state index is 13.2. The van der Waals surface area contributed by atoms with E-state index in [1.54, 1.807) is 12.4 Å². The van der Waals surface area contributed by atoms with E-state index in [0.29, 0.717) is 0 Å². The van der Waals surface area contributed by atoms with Crippen LogP contribution in [0.15, 0.2) is 59.9 Å². The summed E-state index contributed by atoms with van der Waals surface area (Å²) in [4.78, 5) is 26.0. The molecule has 1 saturated heterocycles. The number of halogens is 1. The molecule has 3 aromatic rings. The molecule has 1 amide bonds. The summed E-state index contributed by atoms with van der Waals surface area (Å²) in [5.41, 5.74) is 3.97. The van der Waals surface area contributed by atoms with Crippen molar-refractivity contribution in [3.8, 4) is 0 Å². The second kappa shape index (κ2) is 9.99. The van der Waals surface area contributed by atoms with Crippen molar-refractivity contribution in [3.05, 3.63) is 71.8 Å². The summed E-state index contributed by atoms with van der Waals surface area (Å²) in [6, 6.07) is 12.6. The number of hydrogen-bond donors (Lipinski definition) is 1. The molecule has 0 radical (unpaired) electrons. The van der Waals surface area contributed by atoms with Gasteiger partial charge in [0, 0.05) is 49.9 Å². The van der Waals surface area contributed by atoms with Gasteiger partial charge in [-0.05, 0) is 49.2 Å². The lowest BCUT2D eigenvalue weighted by Crippen LogP contribution is -2.47. The zero-order valence-corrected chi connectivity index (χ0v) is 19.0. The molecule has 1 fully saturated rings. The number of aryl methyl sites for hydroxylation is 2. The minimum atomic E-state index is -0.227. The number of amides is 1. The van der Waals surface area contributed by atoms with Crippen LogP contribution < -0.4 is 15.1 Å². The molecule has 0 spiro atoms. The van der Waals surface area contributed by atoms with Gasteiger partial charge in [-0.25, -0.2) is 14.4 Å². The summed E-state index contributed by atoms with van der Waals surface area (Å²) in [7, 11) is 0. The van der Waals surface area contributed by atoms with Gasteiger partial charge in [-0.2, -0.15) is 0 Å². The summed E-state index contributed by atoms with van der Waals surface area (Å²) in [5.74, 6) is 0.770. The van der Waals surface area contributed by atoms with Crippen molar-refractivity contribution in [2.45, 2.75) is 18.9 Å². The van der Waals surface area contributed by atoms with Crippen LogP contribution in [0.5, 0.6) is 0 Å². The van der Waals surface area contributed by atoms with Crippen molar-refractivity contribution in [3.63, 3.8) is 0 Å². The zero-order chi connectivity index (χ0) is 22.5. The first-order valence-electron chi connectivity index (χ1n) is 10.6. The number of piperazine rings is 1. The molecule has 0 bridgehead atoms. The van der Waals surface area contributed by atoms with Crippen LogP contribution in [0.2, 0.25) is 0 Å². The Kier molecular flexibility index (Phi) is 6.90. The first kappa shape index (κ1) is 22.1. The summed E-state index contributed by atoms with van der Waals surface area (Å²) in [6.07, 6.45) is 3.34. The van der Waals surface area contributed by atoms with Crippen LogP contribution in [0.1, 0.15) is 11.1 Å². The highest BCUT2D eigenvalue weighted by molar-refractivity contribution is 8.00. The number of nitrogens with one attached hydrogen (secondary N) is 1. The summed E-state index contributed by atoms with van der Waals surface area (Å²) >= 11 is 1.40. The fourth-order valence-electron chi connectivity index (χ4n) is 3.79. The third-order valence-corrected chi connectivity index (χ3v) is 6.47. The van der Waals surface area contributed by atoms with Gasteiger partial charge in [-0.15, -0.1) is 0 Å². The highest BCUT2D eigenvalue weighted by atomic mass is 32.2. The maximum Gasteiger partial charge on any atom is 0.234 e. The summed E-state index contributed by atoms with van der Waals surface area (Å²) < 4.78 is 13.2. The number of thioether (sulfide) groups is 1. The Balaban J connectivity index is 1.37. The van der Waals surface area contributed by atoms with Crippen molar-refractivity contribution in [2.75, 3.05) is 47.0 Å². The molecule has 8 heteroatoms. The molecule has 1 aromatic heterocycles. The van der Waals surface area contributed by atoms with E-state index in [-0.39, 0.29) is 17.5 Å². The Morgan fingerprint density at radius 1 is 0.969 bits per heavy atom. The molecular weight excluding hydrogens is 425 g/mol. The molecule has 32 heavy (non-hydrogen) atoms. The number of para-hydroxylation sites is 1. The van der Waals surface area contributed by atoms with Crippen LogP contribution >= 0.6 is 11.8 Å². The van der Waals surface area contributed by atoms with Crippen LogP contribution in [-0.4, -0.2) is 47.8 Å². The number of anilines is 3. The topological polar surface area (TPSA) is 61.4 Å². The zero-order valence-electron chi connectivity index (χ0n) is 18.2. The van der Waals surface area contributed by atoms with Gasteiger partial charge in [-0.1, -0.05) is 30.0 Å². The fourth-order valence-corrected chi connectivity index (χ4v) is 4.57. The molecule has 1 N–H and O–H groups in total. The fraction of sp³-hybridized carbons (Fsp3) is 0.292. The number of nitrogens with zero attached hydrogens (tertiary/aromatic N) is 4. The van der Waals surface area contributed by atoms with Crippen LogP contribution in [0.25, 0.3) is 0 Å². The van der Waals surface area contributed by atoms with Gasteiger partial charge in [0.2, 0.25) is 5.91 Å². The van der Waals surface area contributed by atoms with E-state index in [0.717, 1.165) is 59.5 Å². The smallest absolute Gasteiger partial charge is 0.234 e. The molecular formula is C24H26FN5OS. The first-order chi connectivity index (χ1) is 15.5. The predicted octanol–water partition coefficient (Wildman–Crippen LogP) is 4.29. The molecule has 0 aliphatic carbocycles. The van der Waals surface area contributed by atoms with Crippen LogP contribution in [0.4, 0.5) is 21.6 Å². The third-order valence-electron chi connectivity index (χ3n) is 5.50. The molecule has 2 aromatic carbocycles. The minimum Gasteiger partial charge on any atom is -0.368 e. The second-order valence-corrected chi connectivity index (χ2v) is 8.70. The molecule has 0 atom stereocenters. The second-order valence-electron chi connectivity index (χ2n) is 7.74. The summed E-state index contributed by atoms with van der Waals surface area (Å²) in [6.45, 7) is 7.14. The van der Waals surface area contributed by atoms with Crippen LogP contribution in [0.3, 0.4) is 0 Å². The molecule has 4 rings (SSSR count). The van der Waals surface area contributed by atoms with Crippen molar-refractivity contribution < 1.29 is 9.18 Å². The molecule has 6 nitrogen and oxygen atoms in total. The molecule has 2 heterocycles. The van der Waals surface area contributed by atoms with Gasteiger partial charge >= 0.3 is 0 Å². The van der Waals surface area contributed by atoms with E-state index in [1.807, 2.05) is 44.2 Å². The van der Waals surface area contributed by atoms with Gasteiger partial charge in [0.05, 0.1) is 5.75 Å². The number of carbonyl (C=O) groups excluding carboxylic acids is 1. The number of aromatic nitrogens is 2. The largest absolute Gasteiger partial charge is 0.368 e. The number of benzene rings is 2. The minimum absolute atomic E-state index is 0.0647. The number of hydrogen-bond acceptors (Lipinski definition) is 6. The van der Waals surface area contributed by atoms with Gasteiger partial charge in [0.15, 0.2) is 5.82 Å². The Hall–Kier alpha value is -3.13. The Morgan fingerprint density at radius 3 is 2.28 bits per heavy atom. The lowest BCUT2D eigenvalue weighted by Gasteiger charge is -2.37. The maximum absolute atomic E-state index is 13.2. The van der Waals surface area contributed by atoms with Gasteiger partial charge in [0.25, 0.3) is 0 Å². The van der Waals surface area contributed by atoms with E-state index in [2.05, 4.69) is 25.1 Å². The van der Waals surface area contributed by atoms with E-state index in [9.17, 15) is 9.18 Å². The van der Waals surface area contributed by atoms with Gasteiger partial charge < -0.3 is 15.1 Å².